The summed E-state index contributed by atoms with van der Waals surface area (Å²) in [4.78, 5) is 19.4. The van der Waals surface area contributed by atoms with E-state index in [1.54, 1.807) is 12.4 Å². The number of rotatable bonds is 1. The first-order valence-electron chi connectivity index (χ1n) is 4.36. The van der Waals surface area contributed by atoms with Crippen LogP contribution in [-0.4, -0.2) is 22.4 Å². The number of Topliss-reactive ketones (excluding diaryl/α,β-unsaturated/α-hetero) is 1. The smallest absolute Gasteiger partial charge is 0.157 e. The third-order valence-electron chi connectivity index (χ3n) is 2.04. The lowest BCUT2D eigenvalue weighted by Crippen LogP contribution is -2.20. The molecule has 4 nitrogen and oxygen atoms in total. The Balaban J connectivity index is 2.14. The lowest BCUT2D eigenvalue weighted by atomic mass is 10.1. The van der Waals surface area contributed by atoms with Crippen molar-refractivity contribution >= 4 is 21.7 Å². The van der Waals surface area contributed by atoms with Gasteiger partial charge in [-0.3, -0.25) is 4.79 Å². The van der Waals surface area contributed by atoms with Crippen LogP contribution >= 0.6 is 15.9 Å². The molecule has 1 aromatic heterocycles. The molecule has 0 spiro atoms. The maximum atomic E-state index is 11.2. The molecular formula is C9H9BrN2O2. The molecule has 2 rings (SSSR count). The fourth-order valence-electron chi connectivity index (χ4n) is 1.34. The van der Waals surface area contributed by atoms with E-state index in [2.05, 4.69) is 25.9 Å². The molecule has 1 unspecified atom stereocenters. The quantitative estimate of drug-likeness (QED) is 0.767. The van der Waals surface area contributed by atoms with E-state index in [9.17, 15) is 4.79 Å². The normalized spacial score (nSPS) is 22.4. The van der Waals surface area contributed by atoms with Crippen molar-refractivity contribution in [3.63, 3.8) is 0 Å². The Kier molecular flexibility index (Phi) is 2.88. The highest BCUT2D eigenvalue weighted by Crippen LogP contribution is 2.23. The Morgan fingerprint density at radius 3 is 2.79 bits per heavy atom. The fourth-order valence-corrected chi connectivity index (χ4v) is 1.54. The number of carbonyl (C=O) groups is 1. The number of ketones is 1. The topological polar surface area (TPSA) is 52.1 Å². The van der Waals surface area contributed by atoms with Crippen LogP contribution in [0, 0.1) is 0 Å². The van der Waals surface area contributed by atoms with Crippen molar-refractivity contribution in [1.82, 2.24) is 9.97 Å². The summed E-state index contributed by atoms with van der Waals surface area (Å²) in [5.41, 5.74) is 0. The number of hydrogen-bond donors (Lipinski definition) is 0. The summed E-state index contributed by atoms with van der Waals surface area (Å²) in [5, 5.41) is 0. The first-order chi connectivity index (χ1) is 6.75. The van der Waals surface area contributed by atoms with E-state index < -0.39 is 0 Å². The second kappa shape index (κ2) is 4.14. The van der Waals surface area contributed by atoms with E-state index in [0.717, 1.165) is 4.47 Å². The van der Waals surface area contributed by atoms with Crippen molar-refractivity contribution in [3.05, 3.63) is 22.7 Å². The van der Waals surface area contributed by atoms with Crippen LogP contribution in [0.15, 0.2) is 16.9 Å². The molecule has 1 saturated heterocycles. The number of nitrogens with zero attached hydrogens (tertiary/aromatic N) is 2. The molecule has 0 bridgehead atoms. The van der Waals surface area contributed by atoms with E-state index in [1.807, 2.05) is 0 Å². The van der Waals surface area contributed by atoms with Gasteiger partial charge in [0.25, 0.3) is 0 Å². The van der Waals surface area contributed by atoms with Crippen LogP contribution in [0.4, 0.5) is 0 Å². The van der Waals surface area contributed by atoms with Gasteiger partial charge in [-0.2, -0.15) is 0 Å². The predicted octanol–water partition coefficient (Wildman–Crippen LogP) is 1.66. The summed E-state index contributed by atoms with van der Waals surface area (Å²) < 4.78 is 6.24. The van der Waals surface area contributed by atoms with Crippen molar-refractivity contribution in [2.45, 2.75) is 18.9 Å². The Hall–Kier alpha value is -0.810. The minimum atomic E-state index is -0.260. The van der Waals surface area contributed by atoms with Gasteiger partial charge >= 0.3 is 0 Å². The molecule has 2 heterocycles. The van der Waals surface area contributed by atoms with E-state index >= 15 is 0 Å². The summed E-state index contributed by atoms with van der Waals surface area (Å²) >= 11 is 3.25. The fraction of sp³-hybridized carbons (Fsp3) is 0.444. The zero-order valence-corrected chi connectivity index (χ0v) is 9.03. The number of ether oxygens (including phenoxy) is 1. The van der Waals surface area contributed by atoms with Gasteiger partial charge in [-0.1, -0.05) is 0 Å². The molecule has 1 atom stereocenters. The molecule has 0 radical (unpaired) electrons. The third kappa shape index (κ3) is 2.16. The zero-order chi connectivity index (χ0) is 9.97. The van der Waals surface area contributed by atoms with Crippen LogP contribution in [0.25, 0.3) is 0 Å². The van der Waals surface area contributed by atoms with Gasteiger partial charge < -0.3 is 4.74 Å². The highest BCUT2D eigenvalue weighted by Gasteiger charge is 2.23. The average molecular weight is 257 g/mol. The second-order valence-corrected chi connectivity index (χ2v) is 4.03. The summed E-state index contributed by atoms with van der Waals surface area (Å²) in [6.45, 7) is 0.475. The van der Waals surface area contributed by atoms with Gasteiger partial charge in [0.2, 0.25) is 0 Å². The largest absolute Gasteiger partial charge is 0.369 e. The maximum Gasteiger partial charge on any atom is 0.157 e. The minimum Gasteiger partial charge on any atom is -0.369 e. The van der Waals surface area contributed by atoms with Crippen molar-refractivity contribution in [1.29, 1.82) is 0 Å². The average Bonchev–Trinajstić information content (AvgIpc) is 2.19. The van der Waals surface area contributed by atoms with Gasteiger partial charge in [-0.25, -0.2) is 9.97 Å². The van der Waals surface area contributed by atoms with Crippen molar-refractivity contribution in [3.8, 4) is 0 Å². The summed E-state index contributed by atoms with van der Waals surface area (Å²) in [6, 6.07) is 0. The van der Waals surface area contributed by atoms with Crippen molar-refractivity contribution < 1.29 is 9.53 Å². The lowest BCUT2D eigenvalue weighted by molar-refractivity contribution is -0.129. The molecule has 1 aromatic rings. The van der Waals surface area contributed by atoms with E-state index in [1.165, 1.54) is 0 Å². The minimum absolute atomic E-state index is 0.216. The Morgan fingerprint density at radius 2 is 2.14 bits per heavy atom. The molecule has 0 aliphatic carbocycles. The predicted molar refractivity (Wildman–Crippen MR) is 52.7 cm³/mol. The van der Waals surface area contributed by atoms with Gasteiger partial charge in [0.1, 0.15) is 11.9 Å². The number of carbonyl (C=O) groups excluding carboxylic acids is 1. The molecule has 0 saturated carbocycles. The standard InChI is InChI=1S/C9H9BrN2O2/c10-6-4-11-9(12-5-6)8-3-7(13)1-2-14-8/h4-5,8H,1-3H2. The Labute approximate surface area is 89.8 Å². The third-order valence-corrected chi connectivity index (χ3v) is 2.45. The van der Waals surface area contributed by atoms with E-state index in [0.29, 0.717) is 25.3 Å². The highest BCUT2D eigenvalue weighted by molar-refractivity contribution is 9.10. The summed E-state index contributed by atoms with van der Waals surface area (Å²) in [5.74, 6) is 0.800. The van der Waals surface area contributed by atoms with Crippen LogP contribution in [0.1, 0.15) is 24.8 Å². The number of halogens is 1. The molecule has 74 valence electrons. The van der Waals surface area contributed by atoms with Crippen LogP contribution < -0.4 is 0 Å². The highest BCUT2D eigenvalue weighted by atomic mass is 79.9. The van der Waals surface area contributed by atoms with Gasteiger partial charge in [-0.15, -0.1) is 0 Å². The van der Waals surface area contributed by atoms with Gasteiger partial charge in [0, 0.05) is 25.2 Å². The van der Waals surface area contributed by atoms with Gasteiger partial charge in [0.05, 0.1) is 11.1 Å². The first-order valence-corrected chi connectivity index (χ1v) is 5.16. The van der Waals surface area contributed by atoms with Crippen LogP contribution in [0.2, 0.25) is 0 Å². The second-order valence-electron chi connectivity index (χ2n) is 3.11. The van der Waals surface area contributed by atoms with E-state index in [-0.39, 0.29) is 11.9 Å². The zero-order valence-electron chi connectivity index (χ0n) is 7.44. The molecule has 1 aliphatic heterocycles. The van der Waals surface area contributed by atoms with E-state index in [4.69, 9.17) is 4.74 Å². The Morgan fingerprint density at radius 1 is 1.43 bits per heavy atom. The molecule has 1 aliphatic rings. The van der Waals surface area contributed by atoms with Gasteiger partial charge in [-0.05, 0) is 15.9 Å². The van der Waals surface area contributed by atoms with Gasteiger partial charge in [0.15, 0.2) is 5.82 Å². The van der Waals surface area contributed by atoms with Crippen molar-refractivity contribution in [2.24, 2.45) is 0 Å². The molecule has 1 fully saturated rings. The molecular weight excluding hydrogens is 248 g/mol. The summed E-state index contributed by atoms with van der Waals surface area (Å²) in [7, 11) is 0. The van der Waals surface area contributed by atoms with Crippen LogP contribution in [0.5, 0.6) is 0 Å². The molecule has 0 amide bonds. The van der Waals surface area contributed by atoms with Crippen LogP contribution in [0.3, 0.4) is 0 Å². The molecule has 0 N–H and O–H groups in total. The molecule has 0 aromatic carbocycles. The number of hydrogen-bond acceptors (Lipinski definition) is 4. The lowest BCUT2D eigenvalue weighted by Gasteiger charge is -2.20. The SMILES string of the molecule is O=C1CCOC(c2ncc(Br)cn2)C1. The number of aromatic nitrogens is 2. The summed E-state index contributed by atoms with van der Waals surface area (Å²) in [6.07, 6.45) is 3.95. The van der Waals surface area contributed by atoms with Crippen LogP contribution in [-0.2, 0) is 9.53 Å². The Bertz CT molecular complexity index is 339. The molecule has 5 heteroatoms. The first kappa shape index (κ1) is 9.73. The maximum absolute atomic E-state index is 11.2. The van der Waals surface area contributed by atoms with Crippen molar-refractivity contribution in [2.75, 3.05) is 6.61 Å². The monoisotopic (exact) mass is 256 g/mol. The molecule has 14 heavy (non-hydrogen) atoms.